The SMILES string of the molecule is COc1cc(Br)c2ncc(O)c(NCCC3CCN(C(=O)OC(C)(C)C)CC3)c2c1. The van der Waals surface area contributed by atoms with Crippen LogP contribution in [0.1, 0.15) is 40.0 Å². The van der Waals surface area contributed by atoms with Crippen LogP contribution in [0.2, 0.25) is 0 Å². The van der Waals surface area contributed by atoms with Gasteiger partial charge in [-0.15, -0.1) is 0 Å². The normalized spacial score (nSPS) is 15.3. The van der Waals surface area contributed by atoms with Crippen LogP contribution in [-0.4, -0.2) is 53.4 Å². The van der Waals surface area contributed by atoms with Crippen molar-refractivity contribution >= 4 is 38.6 Å². The molecule has 3 rings (SSSR count). The second-order valence-corrected chi connectivity index (χ2v) is 9.50. The van der Waals surface area contributed by atoms with Gasteiger partial charge in [-0.3, -0.25) is 4.98 Å². The van der Waals surface area contributed by atoms with Crippen LogP contribution in [0.25, 0.3) is 10.9 Å². The molecule has 1 aromatic carbocycles. The third-order valence-electron chi connectivity index (χ3n) is 5.23. The van der Waals surface area contributed by atoms with E-state index >= 15 is 0 Å². The van der Waals surface area contributed by atoms with E-state index in [1.807, 2.05) is 32.9 Å². The molecule has 2 heterocycles. The molecule has 0 radical (unpaired) electrons. The van der Waals surface area contributed by atoms with Gasteiger partial charge >= 0.3 is 6.09 Å². The lowest BCUT2D eigenvalue weighted by molar-refractivity contribution is 0.0182. The van der Waals surface area contributed by atoms with E-state index in [0.717, 1.165) is 41.2 Å². The number of ether oxygens (including phenoxy) is 2. The van der Waals surface area contributed by atoms with Gasteiger partial charge in [0.2, 0.25) is 0 Å². The number of likely N-dealkylation sites (tertiary alicyclic amines) is 1. The molecule has 0 spiro atoms. The van der Waals surface area contributed by atoms with E-state index in [1.54, 1.807) is 12.0 Å². The fourth-order valence-electron chi connectivity index (χ4n) is 3.66. The quantitative estimate of drug-likeness (QED) is 0.615. The summed E-state index contributed by atoms with van der Waals surface area (Å²) in [6.07, 6.45) is 4.08. The zero-order chi connectivity index (χ0) is 21.9. The predicted octanol–water partition coefficient (Wildman–Crippen LogP) is 5.16. The molecule has 8 heteroatoms. The third-order valence-corrected chi connectivity index (χ3v) is 5.84. The number of halogens is 1. The molecule has 1 aliphatic heterocycles. The molecule has 0 atom stereocenters. The van der Waals surface area contributed by atoms with Gasteiger partial charge in [-0.05, 0) is 74.0 Å². The van der Waals surface area contributed by atoms with E-state index in [1.165, 1.54) is 6.20 Å². The fourth-order valence-corrected chi connectivity index (χ4v) is 4.20. The number of carbonyl (C=O) groups excluding carboxylic acids is 1. The van der Waals surface area contributed by atoms with Crippen molar-refractivity contribution < 1.29 is 19.4 Å². The maximum Gasteiger partial charge on any atom is 0.410 e. The first-order valence-electron chi connectivity index (χ1n) is 10.2. The highest BCUT2D eigenvalue weighted by Gasteiger charge is 2.26. The Kier molecular flexibility index (Phi) is 6.95. The number of benzene rings is 1. The molecule has 30 heavy (non-hydrogen) atoms. The summed E-state index contributed by atoms with van der Waals surface area (Å²) < 4.78 is 11.6. The zero-order valence-electron chi connectivity index (χ0n) is 18.0. The number of hydrogen-bond acceptors (Lipinski definition) is 6. The van der Waals surface area contributed by atoms with Crippen LogP contribution in [0.15, 0.2) is 22.8 Å². The molecule has 0 saturated carbocycles. The van der Waals surface area contributed by atoms with Crippen LogP contribution >= 0.6 is 15.9 Å². The Bertz CT molecular complexity index is 905. The minimum atomic E-state index is -0.467. The second-order valence-electron chi connectivity index (χ2n) is 8.65. The van der Waals surface area contributed by atoms with Crippen LogP contribution in [0.5, 0.6) is 11.5 Å². The Morgan fingerprint density at radius 2 is 2.03 bits per heavy atom. The number of methoxy groups -OCH3 is 1. The average Bonchev–Trinajstić information content (AvgIpc) is 2.68. The molecule has 1 fully saturated rings. The molecule has 0 aliphatic carbocycles. The number of rotatable bonds is 5. The second kappa shape index (κ2) is 9.29. The van der Waals surface area contributed by atoms with Crippen molar-refractivity contribution in [2.24, 2.45) is 5.92 Å². The van der Waals surface area contributed by atoms with Gasteiger partial charge in [0.25, 0.3) is 0 Å². The van der Waals surface area contributed by atoms with Crippen molar-refractivity contribution in [1.82, 2.24) is 9.88 Å². The molecule has 2 N–H and O–H groups in total. The number of aromatic nitrogens is 1. The van der Waals surface area contributed by atoms with Crippen molar-refractivity contribution in [2.45, 2.75) is 45.6 Å². The van der Waals surface area contributed by atoms with Gasteiger partial charge in [0, 0.05) is 29.5 Å². The van der Waals surface area contributed by atoms with Crippen LogP contribution in [0, 0.1) is 5.92 Å². The van der Waals surface area contributed by atoms with Crippen LogP contribution in [0.4, 0.5) is 10.5 Å². The Hall–Kier alpha value is -2.22. The topological polar surface area (TPSA) is 83.9 Å². The number of piperidine rings is 1. The van der Waals surface area contributed by atoms with E-state index in [0.29, 0.717) is 30.4 Å². The smallest absolute Gasteiger partial charge is 0.410 e. The number of anilines is 1. The summed E-state index contributed by atoms with van der Waals surface area (Å²) in [7, 11) is 1.61. The van der Waals surface area contributed by atoms with E-state index in [2.05, 4.69) is 26.2 Å². The van der Waals surface area contributed by atoms with E-state index in [9.17, 15) is 9.90 Å². The number of hydrogen-bond donors (Lipinski definition) is 2. The first kappa shape index (κ1) is 22.5. The van der Waals surface area contributed by atoms with Gasteiger partial charge in [0.15, 0.2) is 5.75 Å². The van der Waals surface area contributed by atoms with Crippen molar-refractivity contribution in [2.75, 3.05) is 32.1 Å². The molecule has 7 nitrogen and oxygen atoms in total. The molecular formula is C22H30BrN3O4. The Labute approximate surface area is 185 Å². The lowest BCUT2D eigenvalue weighted by Crippen LogP contribution is -2.41. The number of fused-ring (bicyclic) bond motifs is 1. The van der Waals surface area contributed by atoms with Crippen LogP contribution in [-0.2, 0) is 4.74 Å². The van der Waals surface area contributed by atoms with Gasteiger partial charge in [0.05, 0.1) is 24.5 Å². The summed E-state index contributed by atoms with van der Waals surface area (Å²) in [5, 5.41) is 14.5. The summed E-state index contributed by atoms with van der Waals surface area (Å²) in [4.78, 5) is 18.3. The third kappa shape index (κ3) is 5.47. The number of nitrogens with one attached hydrogen (secondary N) is 1. The lowest BCUT2D eigenvalue weighted by atomic mass is 9.93. The number of nitrogens with zero attached hydrogens (tertiary/aromatic N) is 2. The lowest BCUT2D eigenvalue weighted by Gasteiger charge is -2.33. The molecule has 1 aromatic heterocycles. The number of carbonyl (C=O) groups is 1. The molecule has 2 aromatic rings. The van der Waals surface area contributed by atoms with Gasteiger partial charge < -0.3 is 24.8 Å². The molecule has 1 saturated heterocycles. The zero-order valence-corrected chi connectivity index (χ0v) is 19.6. The summed E-state index contributed by atoms with van der Waals surface area (Å²) >= 11 is 3.52. The van der Waals surface area contributed by atoms with Gasteiger partial charge in [-0.1, -0.05) is 0 Å². The highest BCUT2D eigenvalue weighted by molar-refractivity contribution is 9.10. The van der Waals surface area contributed by atoms with Crippen LogP contribution in [0.3, 0.4) is 0 Å². The number of aromatic hydroxyl groups is 1. The Morgan fingerprint density at radius 3 is 2.67 bits per heavy atom. The maximum absolute atomic E-state index is 12.2. The van der Waals surface area contributed by atoms with E-state index in [-0.39, 0.29) is 11.8 Å². The molecule has 0 unspecified atom stereocenters. The number of pyridine rings is 1. The molecular weight excluding hydrogens is 450 g/mol. The molecule has 0 bridgehead atoms. The van der Waals surface area contributed by atoms with Crippen molar-refractivity contribution in [3.63, 3.8) is 0 Å². The highest BCUT2D eigenvalue weighted by Crippen LogP contribution is 2.37. The maximum atomic E-state index is 12.2. The monoisotopic (exact) mass is 479 g/mol. The fraction of sp³-hybridized carbons (Fsp3) is 0.545. The van der Waals surface area contributed by atoms with Crippen molar-refractivity contribution in [3.05, 3.63) is 22.8 Å². The predicted molar refractivity (Wildman–Crippen MR) is 121 cm³/mol. The van der Waals surface area contributed by atoms with E-state index in [4.69, 9.17) is 9.47 Å². The molecule has 1 aliphatic rings. The van der Waals surface area contributed by atoms with Gasteiger partial charge in [-0.25, -0.2) is 4.79 Å². The Balaban J connectivity index is 1.58. The van der Waals surface area contributed by atoms with Crippen molar-refractivity contribution in [1.29, 1.82) is 0 Å². The van der Waals surface area contributed by atoms with Crippen LogP contribution < -0.4 is 10.1 Å². The largest absolute Gasteiger partial charge is 0.504 e. The van der Waals surface area contributed by atoms with Gasteiger partial charge in [-0.2, -0.15) is 0 Å². The summed E-state index contributed by atoms with van der Waals surface area (Å²) in [5.41, 5.74) is 0.956. The molecule has 164 valence electrons. The highest BCUT2D eigenvalue weighted by atomic mass is 79.9. The first-order chi connectivity index (χ1) is 14.2. The van der Waals surface area contributed by atoms with E-state index < -0.39 is 5.60 Å². The first-order valence-corrected chi connectivity index (χ1v) is 11.0. The minimum Gasteiger partial charge on any atom is -0.504 e. The minimum absolute atomic E-state index is 0.113. The number of amides is 1. The average molecular weight is 480 g/mol. The summed E-state index contributed by atoms with van der Waals surface area (Å²) in [5.74, 6) is 1.33. The standard InChI is InChI=1S/C22H30BrN3O4/c1-22(2,3)30-21(28)26-9-6-14(7-10-26)5-8-24-20-16-11-15(29-4)12-17(23)19(16)25-13-18(20)27/h11-14,27H,5-10H2,1-4H3,(H,24,25). The Morgan fingerprint density at radius 1 is 1.33 bits per heavy atom. The van der Waals surface area contributed by atoms with Crippen molar-refractivity contribution in [3.8, 4) is 11.5 Å². The summed E-state index contributed by atoms with van der Waals surface area (Å²) in [6, 6.07) is 3.73. The summed E-state index contributed by atoms with van der Waals surface area (Å²) in [6.45, 7) is 7.81. The molecule has 1 amide bonds. The van der Waals surface area contributed by atoms with Gasteiger partial charge in [0.1, 0.15) is 11.4 Å².